The number of rotatable bonds is 5. The van der Waals surface area contributed by atoms with Gasteiger partial charge >= 0.3 is 0 Å². The van der Waals surface area contributed by atoms with Crippen molar-refractivity contribution in [3.63, 3.8) is 0 Å². The van der Waals surface area contributed by atoms with Crippen LogP contribution in [0.15, 0.2) is 41.1 Å². The molecule has 0 saturated carbocycles. The third-order valence-electron chi connectivity index (χ3n) is 2.68. The molecule has 1 unspecified atom stereocenters. The molecular formula is C14H16FNS. The molecule has 0 bridgehead atoms. The Balaban J connectivity index is 2.23. The van der Waals surface area contributed by atoms with Crippen LogP contribution in [-0.4, -0.2) is 6.54 Å². The Labute approximate surface area is 105 Å². The fourth-order valence-electron chi connectivity index (χ4n) is 1.81. The van der Waals surface area contributed by atoms with E-state index < -0.39 is 0 Å². The largest absolute Gasteiger partial charge is 0.306 e. The first-order chi connectivity index (χ1) is 8.31. The van der Waals surface area contributed by atoms with E-state index in [4.69, 9.17) is 0 Å². The summed E-state index contributed by atoms with van der Waals surface area (Å²) in [4.78, 5) is 0. The summed E-state index contributed by atoms with van der Waals surface area (Å²) < 4.78 is 12.9. The Morgan fingerprint density at radius 2 is 1.94 bits per heavy atom. The molecule has 1 aromatic heterocycles. The van der Waals surface area contributed by atoms with E-state index in [0.29, 0.717) is 0 Å². The van der Waals surface area contributed by atoms with E-state index in [1.165, 1.54) is 17.7 Å². The second-order valence-corrected chi connectivity index (χ2v) is 4.78. The molecule has 0 fully saturated rings. The molecule has 90 valence electrons. The molecule has 0 aliphatic heterocycles. The lowest BCUT2D eigenvalue weighted by atomic mass is 10.0. The molecule has 2 rings (SSSR count). The molecule has 1 aromatic carbocycles. The van der Waals surface area contributed by atoms with Crippen molar-refractivity contribution in [1.82, 2.24) is 5.32 Å². The van der Waals surface area contributed by atoms with E-state index in [0.717, 1.165) is 18.5 Å². The first-order valence-electron chi connectivity index (χ1n) is 5.82. The van der Waals surface area contributed by atoms with Gasteiger partial charge in [0.25, 0.3) is 0 Å². The van der Waals surface area contributed by atoms with Crippen molar-refractivity contribution in [1.29, 1.82) is 0 Å². The number of thiophene rings is 1. The van der Waals surface area contributed by atoms with Crippen molar-refractivity contribution >= 4 is 11.3 Å². The van der Waals surface area contributed by atoms with Gasteiger partial charge in [0.05, 0.1) is 6.04 Å². The van der Waals surface area contributed by atoms with Crippen LogP contribution in [-0.2, 0) is 0 Å². The van der Waals surface area contributed by atoms with Gasteiger partial charge in [-0.1, -0.05) is 19.1 Å². The molecular weight excluding hydrogens is 233 g/mol. The summed E-state index contributed by atoms with van der Waals surface area (Å²) in [5.41, 5.74) is 2.35. The lowest BCUT2D eigenvalue weighted by molar-refractivity contribution is 0.594. The fourth-order valence-corrected chi connectivity index (χ4v) is 2.50. The molecule has 17 heavy (non-hydrogen) atoms. The number of halogens is 1. The van der Waals surface area contributed by atoms with Crippen LogP contribution in [0.25, 0.3) is 0 Å². The summed E-state index contributed by atoms with van der Waals surface area (Å²) in [6.07, 6.45) is 1.09. The minimum atomic E-state index is -0.187. The summed E-state index contributed by atoms with van der Waals surface area (Å²) in [7, 11) is 0. The molecule has 3 heteroatoms. The topological polar surface area (TPSA) is 12.0 Å². The number of benzene rings is 1. The minimum Gasteiger partial charge on any atom is -0.306 e. The molecule has 0 amide bonds. The maximum Gasteiger partial charge on any atom is 0.123 e. The molecule has 1 nitrogen and oxygen atoms in total. The maximum atomic E-state index is 12.9. The second-order valence-electron chi connectivity index (χ2n) is 4.00. The monoisotopic (exact) mass is 249 g/mol. The zero-order valence-corrected chi connectivity index (χ0v) is 10.6. The summed E-state index contributed by atoms with van der Waals surface area (Å²) in [5, 5.41) is 7.70. The van der Waals surface area contributed by atoms with E-state index in [-0.39, 0.29) is 11.9 Å². The fraction of sp³-hybridized carbons (Fsp3) is 0.286. The van der Waals surface area contributed by atoms with Gasteiger partial charge < -0.3 is 5.32 Å². The van der Waals surface area contributed by atoms with Crippen molar-refractivity contribution < 1.29 is 4.39 Å². The van der Waals surface area contributed by atoms with Crippen LogP contribution in [0.2, 0.25) is 0 Å². The van der Waals surface area contributed by atoms with E-state index in [1.807, 2.05) is 12.1 Å². The Bertz CT molecular complexity index is 436. The molecule has 1 atom stereocenters. The van der Waals surface area contributed by atoms with Crippen molar-refractivity contribution in [2.24, 2.45) is 0 Å². The average Bonchev–Trinajstić information content (AvgIpc) is 2.85. The summed E-state index contributed by atoms with van der Waals surface area (Å²) in [6.45, 7) is 3.10. The van der Waals surface area contributed by atoms with Gasteiger partial charge in [0.1, 0.15) is 5.82 Å². The van der Waals surface area contributed by atoms with Crippen LogP contribution in [0.3, 0.4) is 0 Å². The Morgan fingerprint density at radius 1 is 1.18 bits per heavy atom. The molecule has 0 spiro atoms. The Morgan fingerprint density at radius 3 is 2.53 bits per heavy atom. The third-order valence-corrected chi connectivity index (χ3v) is 3.38. The van der Waals surface area contributed by atoms with Crippen LogP contribution in [0.5, 0.6) is 0 Å². The minimum absolute atomic E-state index is 0.168. The van der Waals surface area contributed by atoms with Crippen LogP contribution < -0.4 is 5.32 Å². The van der Waals surface area contributed by atoms with Crippen molar-refractivity contribution in [3.8, 4) is 0 Å². The predicted molar refractivity (Wildman–Crippen MR) is 70.9 cm³/mol. The summed E-state index contributed by atoms with van der Waals surface area (Å²) in [5.74, 6) is -0.187. The number of hydrogen-bond donors (Lipinski definition) is 1. The Hall–Kier alpha value is -1.19. The molecule has 1 N–H and O–H groups in total. The summed E-state index contributed by atoms with van der Waals surface area (Å²) >= 11 is 1.69. The van der Waals surface area contributed by atoms with Crippen LogP contribution in [0.1, 0.15) is 30.5 Å². The van der Waals surface area contributed by atoms with Crippen molar-refractivity contribution in [2.45, 2.75) is 19.4 Å². The Kier molecular flexibility index (Phi) is 4.29. The lowest BCUT2D eigenvalue weighted by Gasteiger charge is -2.18. The quantitative estimate of drug-likeness (QED) is 0.845. The van der Waals surface area contributed by atoms with Crippen molar-refractivity contribution in [3.05, 3.63) is 58.0 Å². The van der Waals surface area contributed by atoms with Gasteiger partial charge in [0.2, 0.25) is 0 Å². The highest BCUT2D eigenvalue weighted by Gasteiger charge is 2.13. The highest BCUT2D eigenvalue weighted by atomic mass is 32.1. The molecule has 0 aliphatic rings. The highest BCUT2D eigenvalue weighted by molar-refractivity contribution is 7.08. The number of hydrogen-bond acceptors (Lipinski definition) is 2. The first kappa shape index (κ1) is 12.3. The zero-order chi connectivity index (χ0) is 12.1. The smallest absolute Gasteiger partial charge is 0.123 e. The maximum absolute atomic E-state index is 12.9. The molecule has 0 radical (unpaired) electrons. The van der Waals surface area contributed by atoms with E-state index in [1.54, 1.807) is 11.3 Å². The van der Waals surface area contributed by atoms with Gasteiger partial charge in [0, 0.05) is 0 Å². The third kappa shape index (κ3) is 3.14. The molecule has 2 aromatic rings. The van der Waals surface area contributed by atoms with Gasteiger partial charge in [-0.3, -0.25) is 0 Å². The van der Waals surface area contributed by atoms with Crippen LogP contribution in [0, 0.1) is 5.82 Å². The normalized spacial score (nSPS) is 12.6. The predicted octanol–water partition coefficient (Wildman–Crippen LogP) is 3.98. The first-order valence-corrected chi connectivity index (χ1v) is 6.76. The van der Waals surface area contributed by atoms with Gasteiger partial charge in [-0.05, 0) is 53.1 Å². The van der Waals surface area contributed by atoms with Gasteiger partial charge in [-0.2, -0.15) is 11.3 Å². The van der Waals surface area contributed by atoms with Gasteiger partial charge in [-0.25, -0.2) is 4.39 Å². The van der Waals surface area contributed by atoms with E-state index in [9.17, 15) is 4.39 Å². The molecule has 0 aliphatic carbocycles. The van der Waals surface area contributed by atoms with E-state index in [2.05, 4.69) is 29.1 Å². The summed E-state index contributed by atoms with van der Waals surface area (Å²) in [6, 6.07) is 9.01. The zero-order valence-electron chi connectivity index (χ0n) is 9.82. The van der Waals surface area contributed by atoms with Gasteiger partial charge in [-0.15, -0.1) is 0 Å². The van der Waals surface area contributed by atoms with Crippen LogP contribution >= 0.6 is 11.3 Å². The van der Waals surface area contributed by atoms with Crippen LogP contribution in [0.4, 0.5) is 4.39 Å². The molecule has 0 saturated heterocycles. The standard InChI is InChI=1S/C14H16FNS/c1-2-8-16-14(12-7-9-17-10-12)11-3-5-13(15)6-4-11/h3-7,9-10,14,16H,2,8H2,1H3. The van der Waals surface area contributed by atoms with Crippen molar-refractivity contribution in [2.75, 3.05) is 6.54 Å². The highest BCUT2D eigenvalue weighted by Crippen LogP contribution is 2.24. The van der Waals surface area contributed by atoms with E-state index >= 15 is 0 Å². The van der Waals surface area contributed by atoms with Gasteiger partial charge in [0.15, 0.2) is 0 Å². The average molecular weight is 249 g/mol. The SMILES string of the molecule is CCCNC(c1ccc(F)cc1)c1ccsc1. The second kappa shape index (κ2) is 5.94. The molecule has 1 heterocycles. The number of nitrogens with one attached hydrogen (secondary N) is 1. The lowest BCUT2D eigenvalue weighted by Crippen LogP contribution is -2.22.